The molecule has 3 aromatic rings. The average molecular weight is 487 g/mol. The minimum Gasteiger partial charge on any atom is -0.354 e. The van der Waals surface area contributed by atoms with Gasteiger partial charge in [0.05, 0.1) is 10.6 Å². The molecule has 0 radical (unpaired) electrons. The van der Waals surface area contributed by atoms with E-state index in [-0.39, 0.29) is 17.1 Å². The number of anilines is 1. The van der Waals surface area contributed by atoms with Crippen molar-refractivity contribution in [2.75, 3.05) is 23.1 Å². The number of aryl methyl sites for hydroxylation is 1. The Morgan fingerprint density at radius 2 is 1.64 bits per heavy atom. The van der Waals surface area contributed by atoms with Gasteiger partial charge < -0.3 is 5.32 Å². The minimum atomic E-state index is -4.00. The Morgan fingerprint density at radius 3 is 2.30 bits per heavy atom. The molecule has 0 saturated heterocycles. The van der Waals surface area contributed by atoms with Crippen LogP contribution in [-0.4, -0.2) is 33.2 Å². The van der Waals surface area contributed by atoms with E-state index in [1.54, 1.807) is 23.9 Å². The molecule has 0 aliphatic carbocycles. The number of nitrogens with one attached hydrogen (secondary N) is 1. The van der Waals surface area contributed by atoms with Crippen LogP contribution < -0.4 is 9.62 Å². The van der Waals surface area contributed by atoms with Gasteiger partial charge in [-0.3, -0.25) is 9.10 Å². The van der Waals surface area contributed by atoms with Gasteiger partial charge in [-0.25, -0.2) is 12.8 Å². The number of amides is 1. The van der Waals surface area contributed by atoms with Gasteiger partial charge in [0, 0.05) is 12.3 Å². The fourth-order valence-corrected chi connectivity index (χ4v) is 5.45. The molecule has 0 fully saturated rings. The summed E-state index contributed by atoms with van der Waals surface area (Å²) < 4.78 is 40.9. The van der Waals surface area contributed by atoms with Crippen molar-refractivity contribution in [3.63, 3.8) is 0 Å². The molecule has 1 N–H and O–H groups in total. The second-order valence-electron chi connectivity index (χ2n) is 7.54. The normalized spacial score (nSPS) is 11.2. The Hall–Kier alpha value is -2.84. The number of carbonyl (C=O) groups excluding carboxylic acids is 1. The van der Waals surface area contributed by atoms with Gasteiger partial charge in [0.2, 0.25) is 5.91 Å². The van der Waals surface area contributed by atoms with Crippen LogP contribution in [0, 0.1) is 12.7 Å². The van der Waals surface area contributed by atoms with Crippen LogP contribution in [0.25, 0.3) is 0 Å². The van der Waals surface area contributed by atoms with Gasteiger partial charge in [0.1, 0.15) is 12.4 Å². The summed E-state index contributed by atoms with van der Waals surface area (Å²) in [5.41, 5.74) is 2.40. The van der Waals surface area contributed by atoms with Crippen LogP contribution >= 0.6 is 11.8 Å². The monoisotopic (exact) mass is 486 g/mol. The zero-order valence-corrected chi connectivity index (χ0v) is 20.0. The molecule has 1 amide bonds. The highest BCUT2D eigenvalue weighted by molar-refractivity contribution is 7.98. The third-order valence-electron chi connectivity index (χ3n) is 4.91. The minimum absolute atomic E-state index is 0.0718. The molecular formula is C25H27FN2O3S2. The molecule has 8 heteroatoms. The molecule has 0 atom stereocenters. The summed E-state index contributed by atoms with van der Waals surface area (Å²) in [6, 6.07) is 21.6. The molecule has 0 aliphatic heterocycles. The summed E-state index contributed by atoms with van der Waals surface area (Å²) >= 11 is 1.78. The summed E-state index contributed by atoms with van der Waals surface area (Å²) in [5, 5.41) is 2.79. The van der Waals surface area contributed by atoms with E-state index in [4.69, 9.17) is 0 Å². The van der Waals surface area contributed by atoms with Crippen LogP contribution in [0.1, 0.15) is 17.5 Å². The highest BCUT2D eigenvalue weighted by Crippen LogP contribution is 2.24. The van der Waals surface area contributed by atoms with Crippen LogP contribution in [0.3, 0.4) is 0 Å². The first-order valence-corrected chi connectivity index (χ1v) is 13.2. The summed E-state index contributed by atoms with van der Waals surface area (Å²) in [6.45, 7) is 1.92. The number of rotatable bonds is 11. The van der Waals surface area contributed by atoms with Crippen molar-refractivity contribution < 1.29 is 17.6 Å². The Kier molecular flexibility index (Phi) is 8.91. The fraction of sp³-hybridized carbons (Fsp3) is 0.240. The molecule has 0 unspecified atom stereocenters. The van der Waals surface area contributed by atoms with E-state index in [2.05, 4.69) is 17.4 Å². The van der Waals surface area contributed by atoms with E-state index < -0.39 is 21.7 Å². The first-order valence-electron chi connectivity index (χ1n) is 10.6. The highest BCUT2D eigenvalue weighted by atomic mass is 32.2. The Morgan fingerprint density at radius 1 is 0.970 bits per heavy atom. The van der Waals surface area contributed by atoms with Crippen LogP contribution in [0.15, 0.2) is 83.8 Å². The standard InChI is InChI=1S/C25H27FN2O3S2/c1-20-8-14-24(15-9-20)33(30,31)28(23-12-10-22(26)11-13-23)18-25(29)27-16-5-17-32-19-21-6-3-2-4-7-21/h2-4,6-15H,5,16-19H2,1H3,(H,27,29). The van der Waals surface area contributed by atoms with Crippen molar-refractivity contribution in [2.45, 2.75) is 24.0 Å². The Labute approximate surface area is 199 Å². The highest BCUT2D eigenvalue weighted by Gasteiger charge is 2.27. The third-order valence-corrected chi connectivity index (χ3v) is 7.81. The second-order valence-corrected chi connectivity index (χ2v) is 10.5. The largest absolute Gasteiger partial charge is 0.354 e. The number of hydrogen-bond acceptors (Lipinski definition) is 4. The molecule has 3 rings (SSSR count). The topological polar surface area (TPSA) is 66.5 Å². The molecule has 3 aromatic carbocycles. The van der Waals surface area contributed by atoms with Crippen LogP contribution in [-0.2, 0) is 20.6 Å². The van der Waals surface area contributed by atoms with E-state index in [0.29, 0.717) is 6.54 Å². The molecule has 0 aromatic heterocycles. The van der Waals surface area contributed by atoms with Gasteiger partial charge >= 0.3 is 0 Å². The number of hydrogen-bond donors (Lipinski definition) is 1. The second kappa shape index (κ2) is 11.9. The average Bonchev–Trinajstić information content (AvgIpc) is 2.81. The van der Waals surface area contributed by atoms with Crippen molar-refractivity contribution in [2.24, 2.45) is 0 Å². The first-order chi connectivity index (χ1) is 15.9. The Balaban J connectivity index is 1.59. The number of halogens is 1. The summed E-state index contributed by atoms with van der Waals surface area (Å²) in [4.78, 5) is 12.7. The lowest BCUT2D eigenvalue weighted by Gasteiger charge is -2.24. The van der Waals surface area contributed by atoms with Crippen molar-refractivity contribution in [3.05, 3.63) is 95.8 Å². The maximum Gasteiger partial charge on any atom is 0.264 e. The van der Waals surface area contributed by atoms with Gasteiger partial charge in [-0.2, -0.15) is 11.8 Å². The van der Waals surface area contributed by atoms with Gasteiger partial charge in [-0.05, 0) is 61.1 Å². The van der Waals surface area contributed by atoms with Crippen molar-refractivity contribution in [1.82, 2.24) is 5.32 Å². The van der Waals surface area contributed by atoms with Crippen LogP contribution in [0.5, 0.6) is 0 Å². The van der Waals surface area contributed by atoms with Gasteiger partial charge in [0.15, 0.2) is 0 Å². The van der Waals surface area contributed by atoms with E-state index >= 15 is 0 Å². The van der Waals surface area contributed by atoms with E-state index in [9.17, 15) is 17.6 Å². The number of nitrogens with zero attached hydrogens (tertiary/aromatic N) is 1. The lowest BCUT2D eigenvalue weighted by molar-refractivity contribution is -0.119. The quantitative estimate of drug-likeness (QED) is 0.397. The maximum absolute atomic E-state index is 13.4. The summed E-state index contributed by atoms with van der Waals surface area (Å²) in [6.07, 6.45) is 0.768. The zero-order valence-electron chi connectivity index (χ0n) is 18.4. The number of carbonyl (C=O) groups is 1. The molecular weight excluding hydrogens is 459 g/mol. The summed E-state index contributed by atoms with van der Waals surface area (Å²) in [7, 11) is -4.00. The molecule has 0 heterocycles. The lowest BCUT2D eigenvalue weighted by Crippen LogP contribution is -2.41. The first kappa shape index (κ1) is 24.8. The number of thioether (sulfide) groups is 1. The van der Waals surface area contributed by atoms with Crippen LogP contribution in [0.2, 0.25) is 0 Å². The maximum atomic E-state index is 13.4. The van der Waals surface area contributed by atoms with E-state index in [0.717, 1.165) is 27.8 Å². The predicted molar refractivity (Wildman–Crippen MR) is 132 cm³/mol. The molecule has 0 spiro atoms. The summed E-state index contributed by atoms with van der Waals surface area (Å²) in [5.74, 6) is 0.882. The van der Waals surface area contributed by atoms with Crippen molar-refractivity contribution in [1.29, 1.82) is 0 Å². The van der Waals surface area contributed by atoms with Crippen molar-refractivity contribution in [3.8, 4) is 0 Å². The molecule has 0 aliphatic rings. The zero-order chi connectivity index (χ0) is 23.7. The van der Waals surface area contributed by atoms with Gasteiger partial charge in [0.25, 0.3) is 10.0 Å². The predicted octanol–water partition coefficient (Wildman–Crippen LogP) is 4.77. The molecule has 5 nitrogen and oxygen atoms in total. The fourth-order valence-electron chi connectivity index (χ4n) is 3.11. The molecule has 0 bridgehead atoms. The van der Waals surface area contributed by atoms with Gasteiger partial charge in [-0.1, -0.05) is 48.0 Å². The molecule has 33 heavy (non-hydrogen) atoms. The lowest BCUT2D eigenvalue weighted by atomic mass is 10.2. The molecule has 174 valence electrons. The Bertz CT molecular complexity index is 1140. The number of sulfonamides is 1. The van der Waals surface area contributed by atoms with Crippen molar-refractivity contribution >= 4 is 33.4 Å². The third kappa shape index (κ3) is 7.33. The van der Waals surface area contributed by atoms with E-state index in [1.807, 2.05) is 25.1 Å². The van der Waals surface area contributed by atoms with Crippen LogP contribution in [0.4, 0.5) is 10.1 Å². The SMILES string of the molecule is Cc1ccc(S(=O)(=O)N(CC(=O)NCCCSCc2ccccc2)c2ccc(F)cc2)cc1. The smallest absolute Gasteiger partial charge is 0.264 e. The van der Waals surface area contributed by atoms with E-state index in [1.165, 1.54) is 42.0 Å². The van der Waals surface area contributed by atoms with Gasteiger partial charge in [-0.15, -0.1) is 0 Å². The number of benzene rings is 3. The molecule has 0 saturated carbocycles.